The summed E-state index contributed by atoms with van der Waals surface area (Å²) in [6.45, 7) is 5.16. The topological polar surface area (TPSA) is 137 Å². The minimum Gasteiger partial charge on any atom is -0.444 e. The van der Waals surface area contributed by atoms with E-state index in [9.17, 15) is 23.3 Å². The number of carbonyl (C=O) groups is 1. The molecule has 1 aromatic rings. The van der Waals surface area contributed by atoms with Crippen molar-refractivity contribution >= 4 is 21.8 Å². The number of para-hydroxylation sites is 1. The monoisotopic (exact) mass is 459 g/mol. The molecule has 1 aliphatic carbocycles. The number of sulfonamides is 1. The number of nitrogens with zero attached hydrogens (tertiary/aromatic N) is 2. The van der Waals surface area contributed by atoms with E-state index < -0.39 is 50.5 Å². The second-order valence-corrected chi connectivity index (χ2v) is 10.2. The van der Waals surface area contributed by atoms with Crippen molar-refractivity contribution in [2.45, 2.75) is 62.3 Å². The molecule has 0 unspecified atom stereocenters. The van der Waals surface area contributed by atoms with Gasteiger partial charge in [-0.05, 0) is 39.7 Å². The fraction of sp³-hybridized carbons (Fsp3) is 0.632. The molecular weight excluding hydrogens is 430 g/mol. The van der Waals surface area contributed by atoms with Gasteiger partial charge in [-0.1, -0.05) is 12.1 Å². The van der Waals surface area contributed by atoms with E-state index in [2.05, 4.69) is 5.32 Å². The summed E-state index contributed by atoms with van der Waals surface area (Å²) in [6.07, 6.45) is -0.668. The first kappa shape index (κ1) is 25.0. The average Bonchev–Trinajstić information content (AvgIpc) is 3.06. The van der Waals surface area contributed by atoms with Gasteiger partial charge in [0.2, 0.25) is 10.0 Å². The predicted molar refractivity (Wildman–Crippen MR) is 111 cm³/mol. The Morgan fingerprint density at radius 2 is 1.94 bits per heavy atom. The largest absolute Gasteiger partial charge is 0.444 e. The highest BCUT2D eigenvalue weighted by Gasteiger charge is 2.43. The van der Waals surface area contributed by atoms with Crippen LogP contribution in [-0.2, 0) is 24.2 Å². The molecule has 2 rings (SSSR count). The third-order valence-corrected chi connectivity index (χ3v) is 6.77. The van der Waals surface area contributed by atoms with Crippen LogP contribution in [0.4, 0.5) is 10.5 Å². The molecule has 0 bridgehead atoms. The van der Waals surface area contributed by atoms with Gasteiger partial charge in [-0.15, -0.1) is 0 Å². The van der Waals surface area contributed by atoms with Crippen LogP contribution in [-0.4, -0.2) is 68.5 Å². The van der Waals surface area contributed by atoms with Gasteiger partial charge in [-0.2, -0.15) is 4.31 Å². The first-order valence-corrected chi connectivity index (χ1v) is 11.1. The van der Waals surface area contributed by atoms with Gasteiger partial charge < -0.3 is 19.5 Å². The normalized spacial score (nSPS) is 21.8. The number of methoxy groups -OCH3 is 1. The molecule has 0 aromatic heterocycles. The standard InChI is InChI=1S/C19H29N3O8S/c1-19(2,3)30-18(23)20-14-10-13(11-16(14)29-12-28-5)21(4)31(26,27)17-9-7-6-8-15(17)22(24)25/h6-9,13-14,16H,10-12H2,1-5H3,(H,20,23)/t13-,14+,16+/m0/s1. The van der Waals surface area contributed by atoms with Gasteiger partial charge >= 0.3 is 6.09 Å². The highest BCUT2D eigenvalue weighted by atomic mass is 32.2. The number of alkyl carbamates (subject to hydrolysis) is 1. The van der Waals surface area contributed by atoms with Crippen molar-refractivity contribution in [3.8, 4) is 0 Å². The maximum atomic E-state index is 13.1. The Balaban J connectivity index is 2.23. The molecule has 1 aliphatic rings. The van der Waals surface area contributed by atoms with Crippen LogP contribution < -0.4 is 5.32 Å². The van der Waals surface area contributed by atoms with E-state index in [4.69, 9.17) is 14.2 Å². The summed E-state index contributed by atoms with van der Waals surface area (Å²) in [7, 11) is -1.35. The van der Waals surface area contributed by atoms with Crippen LogP contribution in [0.25, 0.3) is 0 Å². The van der Waals surface area contributed by atoms with Gasteiger partial charge in [-0.25, -0.2) is 13.2 Å². The fourth-order valence-electron chi connectivity index (χ4n) is 3.40. The Labute approximate surface area is 181 Å². The first-order chi connectivity index (χ1) is 14.4. The average molecular weight is 460 g/mol. The van der Waals surface area contributed by atoms with Gasteiger partial charge in [0.25, 0.3) is 5.69 Å². The van der Waals surface area contributed by atoms with Gasteiger partial charge in [0.05, 0.1) is 17.1 Å². The van der Waals surface area contributed by atoms with Crippen molar-refractivity contribution in [3.63, 3.8) is 0 Å². The second kappa shape index (κ2) is 9.90. The molecule has 1 fully saturated rings. The maximum Gasteiger partial charge on any atom is 0.407 e. The Bertz CT molecular complexity index is 900. The number of carbonyl (C=O) groups excluding carboxylic acids is 1. The van der Waals surface area contributed by atoms with Gasteiger partial charge in [0, 0.05) is 26.3 Å². The van der Waals surface area contributed by atoms with E-state index in [1.807, 2.05) is 0 Å². The van der Waals surface area contributed by atoms with Crippen molar-refractivity contribution in [2.24, 2.45) is 0 Å². The molecule has 11 nitrogen and oxygen atoms in total. The first-order valence-electron chi connectivity index (χ1n) is 9.68. The quantitative estimate of drug-likeness (QED) is 0.355. The van der Waals surface area contributed by atoms with E-state index in [1.165, 1.54) is 32.4 Å². The Hall–Kier alpha value is -2.28. The molecule has 174 valence electrons. The summed E-state index contributed by atoms with van der Waals surface area (Å²) in [5, 5.41) is 14.0. The summed E-state index contributed by atoms with van der Waals surface area (Å²) in [5.74, 6) is 0. The summed E-state index contributed by atoms with van der Waals surface area (Å²) >= 11 is 0. The Morgan fingerprint density at radius 3 is 2.52 bits per heavy atom. The zero-order valence-electron chi connectivity index (χ0n) is 18.2. The molecule has 12 heteroatoms. The molecule has 0 radical (unpaired) electrons. The van der Waals surface area contributed by atoms with Gasteiger partial charge in [0.15, 0.2) is 4.90 Å². The lowest BCUT2D eigenvalue weighted by Gasteiger charge is -2.25. The van der Waals surface area contributed by atoms with E-state index >= 15 is 0 Å². The molecule has 1 aromatic carbocycles. The van der Waals surface area contributed by atoms with Crippen molar-refractivity contribution in [3.05, 3.63) is 34.4 Å². The number of hydrogen-bond acceptors (Lipinski definition) is 8. The molecule has 0 spiro atoms. The van der Waals surface area contributed by atoms with E-state index in [-0.39, 0.29) is 24.5 Å². The lowest BCUT2D eigenvalue weighted by Crippen LogP contribution is -2.44. The van der Waals surface area contributed by atoms with Crippen LogP contribution >= 0.6 is 0 Å². The number of benzene rings is 1. The smallest absolute Gasteiger partial charge is 0.407 e. The molecule has 1 N–H and O–H groups in total. The lowest BCUT2D eigenvalue weighted by molar-refractivity contribution is -0.387. The zero-order chi connectivity index (χ0) is 23.4. The van der Waals surface area contributed by atoms with Gasteiger partial charge in [-0.3, -0.25) is 10.1 Å². The Morgan fingerprint density at radius 1 is 1.29 bits per heavy atom. The van der Waals surface area contributed by atoms with E-state index in [0.717, 1.165) is 10.4 Å². The van der Waals surface area contributed by atoms with Crippen molar-refractivity contribution in [1.29, 1.82) is 0 Å². The molecule has 31 heavy (non-hydrogen) atoms. The number of nitro benzene ring substituents is 1. The minimum absolute atomic E-state index is 0.0372. The molecule has 3 atom stereocenters. The minimum atomic E-state index is -4.16. The molecule has 0 heterocycles. The SMILES string of the molecule is COCO[C@@H]1C[C@@H](N(C)S(=O)(=O)c2ccccc2[N+](=O)[O-])C[C@H]1NC(=O)OC(C)(C)C. The second-order valence-electron chi connectivity index (χ2n) is 8.24. The van der Waals surface area contributed by atoms with Crippen LogP contribution in [0.2, 0.25) is 0 Å². The van der Waals surface area contributed by atoms with Crippen molar-refractivity contribution in [1.82, 2.24) is 9.62 Å². The third-order valence-electron chi connectivity index (χ3n) is 4.81. The van der Waals surface area contributed by atoms with Gasteiger partial charge in [0.1, 0.15) is 12.4 Å². The summed E-state index contributed by atoms with van der Waals surface area (Å²) in [5.41, 5.74) is -1.19. The van der Waals surface area contributed by atoms with E-state index in [1.54, 1.807) is 20.8 Å². The number of amides is 1. The maximum absolute atomic E-state index is 13.1. The summed E-state index contributed by atoms with van der Waals surface area (Å²) in [6, 6.07) is 4.09. The summed E-state index contributed by atoms with van der Waals surface area (Å²) < 4.78 is 43.2. The third kappa shape index (κ3) is 6.35. The van der Waals surface area contributed by atoms with Crippen LogP contribution in [0, 0.1) is 10.1 Å². The number of rotatable bonds is 8. The Kier molecular flexibility index (Phi) is 7.98. The van der Waals surface area contributed by atoms with Crippen LogP contribution in [0.3, 0.4) is 0 Å². The zero-order valence-corrected chi connectivity index (χ0v) is 19.0. The van der Waals surface area contributed by atoms with Crippen molar-refractivity contribution in [2.75, 3.05) is 21.0 Å². The van der Waals surface area contributed by atoms with Crippen LogP contribution in [0.1, 0.15) is 33.6 Å². The molecule has 1 amide bonds. The number of hydrogen-bond donors (Lipinski definition) is 1. The lowest BCUT2D eigenvalue weighted by atomic mass is 10.2. The van der Waals surface area contributed by atoms with Crippen molar-refractivity contribution < 1.29 is 32.3 Å². The number of ether oxygens (including phenoxy) is 3. The number of nitro groups is 1. The molecule has 1 saturated carbocycles. The molecule has 0 saturated heterocycles. The fourth-order valence-corrected chi connectivity index (χ4v) is 4.93. The predicted octanol–water partition coefficient (Wildman–Crippen LogP) is 2.26. The highest BCUT2D eigenvalue weighted by Crippen LogP contribution is 2.33. The van der Waals surface area contributed by atoms with Crippen LogP contribution in [0.15, 0.2) is 29.2 Å². The molecular formula is C19H29N3O8S. The van der Waals surface area contributed by atoms with Crippen LogP contribution in [0.5, 0.6) is 0 Å². The van der Waals surface area contributed by atoms with E-state index in [0.29, 0.717) is 0 Å². The molecule has 0 aliphatic heterocycles. The summed E-state index contributed by atoms with van der Waals surface area (Å²) in [4.78, 5) is 22.4. The highest BCUT2D eigenvalue weighted by molar-refractivity contribution is 7.89. The number of nitrogens with one attached hydrogen (secondary N) is 1.